The molecule has 220 valence electrons. The van der Waals surface area contributed by atoms with Crippen LogP contribution in [0.5, 0.6) is 23.0 Å². The standard InChI is InChI=1S/C41H28N2O3/c1-5-23(2)32-22-33(43-40(42-32)25-14-16-28-27-11-7-9-13-34(27)44-36(28)19-25)24-15-17-35-37(18-24)46-38-20-29-26-10-6-8-12-30(26)41(3,4)31(29)21-39(38)45-35/h5-22H,1-2H2,3-4H3. The molecule has 0 saturated heterocycles. The number of allylic oxidation sites excluding steroid dienone is 2. The van der Waals surface area contributed by atoms with Crippen LogP contribution in [-0.4, -0.2) is 9.97 Å². The minimum absolute atomic E-state index is 0.124. The number of benzene rings is 5. The van der Waals surface area contributed by atoms with Gasteiger partial charge in [-0.15, -0.1) is 0 Å². The maximum absolute atomic E-state index is 6.52. The summed E-state index contributed by atoms with van der Waals surface area (Å²) in [5.74, 6) is 3.26. The average molecular weight is 597 g/mol. The van der Waals surface area contributed by atoms with Crippen molar-refractivity contribution in [2.45, 2.75) is 19.3 Å². The van der Waals surface area contributed by atoms with Crippen molar-refractivity contribution in [3.05, 3.63) is 139 Å². The molecule has 0 unspecified atom stereocenters. The van der Waals surface area contributed by atoms with Gasteiger partial charge in [-0.2, -0.15) is 0 Å². The topological polar surface area (TPSA) is 57.4 Å². The molecule has 0 N–H and O–H groups in total. The fourth-order valence-corrected chi connectivity index (χ4v) is 6.79. The molecule has 3 heterocycles. The van der Waals surface area contributed by atoms with Crippen molar-refractivity contribution >= 4 is 27.5 Å². The lowest BCUT2D eigenvalue weighted by molar-refractivity contribution is 0.359. The third-order valence-corrected chi connectivity index (χ3v) is 9.27. The maximum Gasteiger partial charge on any atom is 0.170 e. The van der Waals surface area contributed by atoms with Crippen molar-refractivity contribution < 1.29 is 13.9 Å². The van der Waals surface area contributed by atoms with Crippen LogP contribution in [0.4, 0.5) is 0 Å². The Morgan fingerprint density at radius 1 is 0.652 bits per heavy atom. The van der Waals surface area contributed by atoms with Gasteiger partial charge in [0.05, 0.1) is 11.4 Å². The van der Waals surface area contributed by atoms with E-state index in [1.54, 1.807) is 6.08 Å². The van der Waals surface area contributed by atoms with Gasteiger partial charge in [-0.05, 0) is 82.4 Å². The van der Waals surface area contributed by atoms with Crippen LogP contribution < -0.4 is 9.47 Å². The number of aromatic nitrogens is 2. The van der Waals surface area contributed by atoms with Gasteiger partial charge in [-0.1, -0.05) is 81.6 Å². The largest absolute Gasteiger partial charge is 0.456 e. The van der Waals surface area contributed by atoms with Gasteiger partial charge in [0.1, 0.15) is 11.2 Å². The molecule has 0 saturated carbocycles. The van der Waals surface area contributed by atoms with E-state index in [0.29, 0.717) is 34.3 Å². The highest BCUT2D eigenvalue weighted by Gasteiger charge is 2.37. The number of rotatable bonds is 4. The van der Waals surface area contributed by atoms with Gasteiger partial charge >= 0.3 is 0 Å². The number of hydrogen-bond donors (Lipinski definition) is 0. The van der Waals surface area contributed by atoms with E-state index in [4.69, 9.17) is 23.9 Å². The number of para-hydroxylation sites is 1. The van der Waals surface area contributed by atoms with E-state index < -0.39 is 0 Å². The summed E-state index contributed by atoms with van der Waals surface area (Å²) in [5.41, 5.74) is 10.3. The van der Waals surface area contributed by atoms with Crippen molar-refractivity contribution in [1.82, 2.24) is 9.97 Å². The van der Waals surface area contributed by atoms with Crippen LogP contribution in [0, 0.1) is 0 Å². The molecule has 7 aromatic rings. The molecule has 5 nitrogen and oxygen atoms in total. The zero-order valence-electron chi connectivity index (χ0n) is 25.4. The summed E-state index contributed by atoms with van der Waals surface area (Å²) in [7, 11) is 0. The molecular weight excluding hydrogens is 568 g/mol. The van der Waals surface area contributed by atoms with Gasteiger partial charge in [0.2, 0.25) is 0 Å². The Balaban J connectivity index is 1.12. The molecule has 1 aliphatic heterocycles. The van der Waals surface area contributed by atoms with Crippen LogP contribution in [0.1, 0.15) is 30.7 Å². The Morgan fingerprint density at radius 3 is 2.28 bits per heavy atom. The summed E-state index contributed by atoms with van der Waals surface area (Å²) >= 11 is 0. The third kappa shape index (κ3) is 3.88. The van der Waals surface area contributed by atoms with E-state index >= 15 is 0 Å². The maximum atomic E-state index is 6.52. The van der Waals surface area contributed by atoms with Crippen molar-refractivity contribution in [2.75, 3.05) is 0 Å². The van der Waals surface area contributed by atoms with E-state index in [-0.39, 0.29) is 5.41 Å². The molecule has 5 aromatic carbocycles. The molecule has 1 aliphatic carbocycles. The van der Waals surface area contributed by atoms with E-state index in [1.165, 1.54) is 22.3 Å². The number of furan rings is 1. The van der Waals surface area contributed by atoms with Gasteiger partial charge in [-0.25, -0.2) is 9.97 Å². The molecular formula is C41H28N2O3. The van der Waals surface area contributed by atoms with Crippen molar-refractivity contribution in [3.63, 3.8) is 0 Å². The van der Waals surface area contributed by atoms with Crippen LogP contribution in [0.25, 0.3) is 61.3 Å². The summed E-state index contributed by atoms with van der Waals surface area (Å²) < 4.78 is 19.1. The molecule has 0 atom stereocenters. The smallest absolute Gasteiger partial charge is 0.170 e. The number of fused-ring (bicyclic) bond motifs is 8. The first-order chi connectivity index (χ1) is 22.4. The summed E-state index contributed by atoms with van der Waals surface area (Å²) in [6.45, 7) is 12.6. The van der Waals surface area contributed by atoms with E-state index in [9.17, 15) is 0 Å². The van der Waals surface area contributed by atoms with Gasteiger partial charge in [-0.3, -0.25) is 0 Å². The summed E-state index contributed by atoms with van der Waals surface area (Å²) in [6, 6.07) is 34.8. The zero-order valence-corrected chi connectivity index (χ0v) is 25.4. The lowest BCUT2D eigenvalue weighted by Crippen LogP contribution is -2.15. The molecule has 9 rings (SSSR count). The van der Waals surface area contributed by atoms with Crippen molar-refractivity contribution in [2.24, 2.45) is 0 Å². The van der Waals surface area contributed by atoms with E-state index in [2.05, 4.69) is 75.5 Å². The van der Waals surface area contributed by atoms with Crippen LogP contribution in [0.3, 0.4) is 0 Å². The Labute approximate surface area is 266 Å². The van der Waals surface area contributed by atoms with E-state index in [0.717, 1.165) is 44.5 Å². The first-order valence-electron chi connectivity index (χ1n) is 15.3. The van der Waals surface area contributed by atoms with Crippen molar-refractivity contribution in [1.29, 1.82) is 0 Å². The molecule has 0 bridgehead atoms. The molecule has 46 heavy (non-hydrogen) atoms. The minimum Gasteiger partial charge on any atom is -0.456 e. The predicted molar refractivity (Wildman–Crippen MR) is 184 cm³/mol. The van der Waals surface area contributed by atoms with Crippen LogP contribution in [0.2, 0.25) is 0 Å². The number of nitrogens with zero attached hydrogens (tertiary/aromatic N) is 2. The van der Waals surface area contributed by atoms with Crippen LogP contribution >= 0.6 is 0 Å². The van der Waals surface area contributed by atoms with Crippen molar-refractivity contribution in [3.8, 4) is 56.8 Å². The normalized spacial score (nSPS) is 13.7. The molecule has 2 aliphatic rings. The minimum atomic E-state index is -0.124. The lowest BCUT2D eigenvalue weighted by atomic mass is 9.82. The fourth-order valence-electron chi connectivity index (χ4n) is 6.79. The number of hydrogen-bond acceptors (Lipinski definition) is 5. The van der Waals surface area contributed by atoms with Gasteiger partial charge < -0.3 is 13.9 Å². The fraction of sp³-hybridized carbons (Fsp3) is 0.0732. The highest BCUT2D eigenvalue weighted by atomic mass is 16.6. The SMILES string of the molecule is C=CC(=C)c1cc(-c2ccc3c(c2)Oc2cc4c(cc2O3)C(C)(C)c2ccccc2-4)nc(-c2ccc3c(c2)oc2ccccc23)n1. The zero-order chi connectivity index (χ0) is 31.2. The number of ether oxygens (including phenoxy) is 2. The molecule has 0 radical (unpaired) electrons. The highest BCUT2D eigenvalue weighted by molar-refractivity contribution is 6.05. The third-order valence-electron chi connectivity index (χ3n) is 9.27. The predicted octanol–water partition coefficient (Wildman–Crippen LogP) is 11.1. The average Bonchev–Trinajstić information content (AvgIpc) is 3.57. The molecule has 0 amide bonds. The molecule has 0 spiro atoms. The second-order valence-electron chi connectivity index (χ2n) is 12.4. The first kappa shape index (κ1) is 26.5. The van der Waals surface area contributed by atoms with Gasteiger partial charge in [0.15, 0.2) is 28.8 Å². The Bertz CT molecular complexity index is 2450. The highest BCUT2D eigenvalue weighted by Crippen LogP contribution is 2.55. The molecule has 5 heteroatoms. The summed E-state index contributed by atoms with van der Waals surface area (Å²) in [5, 5.41) is 2.13. The second kappa shape index (κ2) is 9.53. The quantitative estimate of drug-likeness (QED) is 0.189. The van der Waals surface area contributed by atoms with E-state index in [1.807, 2.05) is 54.6 Å². The summed E-state index contributed by atoms with van der Waals surface area (Å²) in [6.07, 6.45) is 1.71. The monoisotopic (exact) mass is 596 g/mol. The second-order valence-corrected chi connectivity index (χ2v) is 12.4. The molecule has 2 aromatic heterocycles. The van der Waals surface area contributed by atoms with Crippen LogP contribution in [-0.2, 0) is 5.41 Å². The Kier molecular flexibility index (Phi) is 5.48. The Morgan fingerprint density at radius 2 is 1.39 bits per heavy atom. The van der Waals surface area contributed by atoms with Gasteiger partial charge in [0.25, 0.3) is 0 Å². The molecule has 0 fully saturated rings. The first-order valence-corrected chi connectivity index (χ1v) is 15.3. The van der Waals surface area contributed by atoms with Gasteiger partial charge in [0, 0.05) is 27.3 Å². The summed E-state index contributed by atoms with van der Waals surface area (Å²) in [4.78, 5) is 9.87. The Hall–Kier alpha value is -5.94. The lowest BCUT2D eigenvalue weighted by Gasteiger charge is -2.25. The van der Waals surface area contributed by atoms with Crippen LogP contribution in [0.15, 0.2) is 127 Å².